The normalized spacial score (nSPS) is 10.6. The van der Waals surface area contributed by atoms with E-state index in [0.717, 1.165) is 17.3 Å². The van der Waals surface area contributed by atoms with Crippen molar-refractivity contribution in [1.82, 2.24) is 20.1 Å². The van der Waals surface area contributed by atoms with E-state index >= 15 is 0 Å². The molecule has 0 aliphatic rings. The lowest BCUT2D eigenvalue weighted by Gasteiger charge is -2.09. The summed E-state index contributed by atoms with van der Waals surface area (Å²) in [7, 11) is 1.59. The monoisotopic (exact) mass is 387 g/mol. The van der Waals surface area contributed by atoms with Gasteiger partial charge in [-0.15, -0.1) is 10.2 Å². The van der Waals surface area contributed by atoms with Crippen molar-refractivity contribution < 1.29 is 18.7 Å². The van der Waals surface area contributed by atoms with E-state index < -0.39 is 11.9 Å². The molecule has 0 saturated heterocycles. The third kappa shape index (κ3) is 4.67. The van der Waals surface area contributed by atoms with Gasteiger partial charge in [0.1, 0.15) is 11.5 Å². The number of benzene rings is 1. The lowest BCUT2D eigenvalue weighted by Crippen LogP contribution is -2.36. The molecule has 0 fully saturated rings. The number of amides is 3. The van der Waals surface area contributed by atoms with E-state index in [1.165, 1.54) is 0 Å². The molecule has 1 aromatic carbocycles. The number of nitrogens with zero attached hydrogens (tertiary/aromatic N) is 3. The molecule has 3 amide bonds. The van der Waals surface area contributed by atoms with Gasteiger partial charge in [0.25, 0.3) is 0 Å². The van der Waals surface area contributed by atoms with Gasteiger partial charge >= 0.3 is 6.03 Å². The van der Waals surface area contributed by atoms with Crippen molar-refractivity contribution in [1.29, 1.82) is 0 Å². The van der Waals surface area contributed by atoms with Crippen LogP contribution in [0.2, 0.25) is 0 Å². The molecule has 0 unspecified atom stereocenters. The third-order valence-electron chi connectivity index (χ3n) is 3.53. The second-order valence-corrected chi connectivity index (χ2v) is 6.35. The molecule has 0 saturated carbocycles. The molecule has 0 spiro atoms. The van der Waals surface area contributed by atoms with Gasteiger partial charge in [-0.25, -0.2) is 4.79 Å². The van der Waals surface area contributed by atoms with Crippen molar-refractivity contribution in [3.8, 4) is 17.1 Å². The zero-order valence-corrected chi connectivity index (χ0v) is 15.2. The van der Waals surface area contributed by atoms with Gasteiger partial charge in [-0.05, 0) is 24.3 Å². The van der Waals surface area contributed by atoms with Gasteiger partial charge in [-0.2, -0.15) is 0 Å². The van der Waals surface area contributed by atoms with Gasteiger partial charge in [0.05, 0.1) is 25.7 Å². The molecular formula is C17H17N5O4S. The molecule has 10 heteroatoms. The summed E-state index contributed by atoms with van der Waals surface area (Å²) >= 11 is 1.14. The Hall–Kier alpha value is -3.27. The zero-order chi connectivity index (χ0) is 19.2. The number of hydrogen-bond donors (Lipinski definition) is 2. The predicted molar refractivity (Wildman–Crippen MR) is 98.3 cm³/mol. The summed E-state index contributed by atoms with van der Waals surface area (Å²) in [5.41, 5.74) is 5.76. The predicted octanol–water partition coefficient (Wildman–Crippen LogP) is 1.88. The van der Waals surface area contributed by atoms with E-state index in [-0.39, 0.29) is 5.75 Å². The van der Waals surface area contributed by atoms with Crippen LogP contribution >= 0.6 is 11.8 Å². The summed E-state index contributed by atoms with van der Waals surface area (Å²) < 4.78 is 12.5. The van der Waals surface area contributed by atoms with Gasteiger partial charge in [0.15, 0.2) is 11.0 Å². The second kappa shape index (κ2) is 8.41. The molecule has 140 valence electrons. The largest absolute Gasteiger partial charge is 0.497 e. The number of aromatic nitrogens is 3. The standard InChI is InChI=1S/C17H17N5O4S/c1-25-12-5-2-4-11(8-12)15-20-21-17(27-10-14(23)19-16(18)24)22(15)9-13-6-3-7-26-13/h2-8H,9-10H2,1H3,(H3,18,19,23,24). The number of methoxy groups -OCH3 is 1. The average Bonchev–Trinajstić information content (AvgIpc) is 3.30. The van der Waals surface area contributed by atoms with E-state index in [2.05, 4.69) is 10.2 Å². The molecule has 9 nitrogen and oxygen atoms in total. The number of thioether (sulfide) groups is 1. The number of hydrogen-bond acceptors (Lipinski definition) is 7. The van der Waals surface area contributed by atoms with Crippen LogP contribution in [-0.2, 0) is 11.3 Å². The fraction of sp³-hybridized carbons (Fsp3) is 0.176. The highest BCUT2D eigenvalue weighted by Crippen LogP contribution is 2.27. The number of imide groups is 1. The summed E-state index contributed by atoms with van der Waals surface area (Å²) in [5, 5.41) is 11.0. The quantitative estimate of drug-likeness (QED) is 0.593. The van der Waals surface area contributed by atoms with Crippen molar-refractivity contribution in [2.24, 2.45) is 5.73 Å². The maximum absolute atomic E-state index is 11.7. The molecule has 3 aromatic rings. The molecule has 2 aromatic heterocycles. The Morgan fingerprint density at radius 2 is 2.15 bits per heavy atom. The van der Waals surface area contributed by atoms with E-state index in [9.17, 15) is 9.59 Å². The van der Waals surface area contributed by atoms with Gasteiger partial charge in [0.2, 0.25) is 5.91 Å². The molecule has 2 heterocycles. The highest BCUT2D eigenvalue weighted by atomic mass is 32.2. The summed E-state index contributed by atoms with van der Waals surface area (Å²) in [6, 6.07) is 10.2. The Morgan fingerprint density at radius 1 is 1.30 bits per heavy atom. The second-order valence-electron chi connectivity index (χ2n) is 5.40. The van der Waals surface area contributed by atoms with Crippen LogP contribution in [0.5, 0.6) is 5.75 Å². The van der Waals surface area contributed by atoms with Crippen LogP contribution in [0.15, 0.2) is 52.2 Å². The van der Waals surface area contributed by atoms with Crippen LogP contribution in [0.3, 0.4) is 0 Å². The van der Waals surface area contributed by atoms with E-state index in [1.54, 1.807) is 19.4 Å². The maximum Gasteiger partial charge on any atom is 0.318 e. The van der Waals surface area contributed by atoms with E-state index in [0.29, 0.717) is 29.0 Å². The topological polar surface area (TPSA) is 125 Å². The summed E-state index contributed by atoms with van der Waals surface area (Å²) in [6.07, 6.45) is 1.58. The molecule has 3 rings (SSSR count). The summed E-state index contributed by atoms with van der Waals surface area (Å²) in [6.45, 7) is 0.381. The molecule has 27 heavy (non-hydrogen) atoms. The van der Waals surface area contributed by atoms with Gasteiger partial charge < -0.3 is 14.9 Å². The Balaban J connectivity index is 1.90. The van der Waals surface area contributed by atoms with Crippen LogP contribution in [0.25, 0.3) is 11.4 Å². The fourth-order valence-corrected chi connectivity index (χ4v) is 3.11. The van der Waals surface area contributed by atoms with Crippen molar-refractivity contribution >= 4 is 23.7 Å². The van der Waals surface area contributed by atoms with Crippen LogP contribution < -0.4 is 15.8 Å². The highest BCUT2D eigenvalue weighted by Gasteiger charge is 2.17. The number of primary amides is 1. The number of urea groups is 1. The van der Waals surface area contributed by atoms with Crippen molar-refractivity contribution in [2.75, 3.05) is 12.9 Å². The van der Waals surface area contributed by atoms with Crippen molar-refractivity contribution in [3.63, 3.8) is 0 Å². The third-order valence-corrected chi connectivity index (χ3v) is 4.50. The first-order valence-corrected chi connectivity index (χ1v) is 8.87. The number of ether oxygens (including phenoxy) is 1. The minimum atomic E-state index is -0.894. The maximum atomic E-state index is 11.7. The molecule has 0 atom stereocenters. The Bertz CT molecular complexity index is 939. The molecule has 3 N–H and O–H groups in total. The first-order valence-electron chi connectivity index (χ1n) is 7.89. The van der Waals surface area contributed by atoms with Gasteiger partial charge in [-0.3, -0.25) is 14.7 Å². The number of nitrogens with two attached hydrogens (primary N) is 1. The van der Waals surface area contributed by atoms with Crippen LogP contribution in [0.1, 0.15) is 5.76 Å². The van der Waals surface area contributed by atoms with Crippen molar-refractivity contribution in [2.45, 2.75) is 11.7 Å². The zero-order valence-electron chi connectivity index (χ0n) is 14.4. The Labute approximate surface area is 158 Å². The van der Waals surface area contributed by atoms with E-state index in [1.807, 2.05) is 40.2 Å². The summed E-state index contributed by atoms with van der Waals surface area (Å²) in [5.74, 6) is 1.46. The SMILES string of the molecule is COc1cccc(-c2nnc(SCC(=O)NC(N)=O)n2Cc2ccco2)c1. The number of carbonyl (C=O) groups is 2. The highest BCUT2D eigenvalue weighted by molar-refractivity contribution is 7.99. The lowest BCUT2D eigenvalue weighted by atomic mass is 10.2. The lowest BCUT2D eigenvalue weighted by molar-refractivity contribution is -0.117. The first kappa shape index (κ1) is 18.5. The Kier molecular flexibility index (Phi) is 5.77. The van der Waals surface area contributed by atoms with Gasteiger partial charge in [-0.1, -0.05) is 23.9 Å². The molecule has 0 aliphatic heterocycles. The minimum absolute atomic E-state index is 0.0304. The Morgan fingerprint density at radius 3 is 2.85 bits per heavy atom. The smallest absolute Gasteiger partial charge is 0.318 e. The van der Waals surface area contributed by atoms with Gasteiger partial charge in [0, 0.05) is 5.56 Å². The van der Waals surface area contributed by atoms with E-state index in [4.69, 9.17) is 14.9 Å². The number of carbonyl (C=O) groups excluding carboxylic acids is 2. The van der Waals surface area contributed by atoms with Crippen LogP contribution in [0, 0.1) is 0 Å². The molecule has 0 radical (unpaired) electrons. The average molecular weight is 387 g/mol. The summed E-state index contributed by atoms with van der Waals surface area (Å²) in [4.78, 5) is 22.5. The minimum Gasteiger partial charge on any atom is -0.497 e. The van der Waals surface area contributed by atoms with Crippen LogP contribution in [0.4, 0.5) is 4.79 Å². The van der Waals surface area contributed by atoms with Crippen LogP contribution in [-0.4, -0.2) is 39.6 Å². The molecular weight excluding hydrogens is 370 g/mol. The first-order chi connectivity index (χ1) is 13.1. The van der Waals surface area contributed by atoms with Crippen molar-refractivity contribution in [3.05, 3.63) is 48.4 Å². The number of nitrogens with one attached hydrogen (secondary N) is 1. The number of rotatable bonds is 7. The molecule has 0 aliphatic carbocycles. The fourth-order valence-electron chi connectivity index (χ4n) is 2.38. The molecule has 0 bridgehead atoms. The number of furan rings is 1.